The lowest BCUT2D eigenvalue weighted by molar-refractivity contribution is -0.157. The number of hydrogen-bond donors (Lipinski definition) is 1. The molecule has 1 aliphatic rings. The Labute approximate surface area is 189 Å². The zero-order valence-corrected chi connectivity index (χ0v) is 18.5. The molecule has 170 valence electrons. The quantitative estimate of drug-likeness (QED) is 0.582. The van der Waals surface area contributed by atoms with Gasteiger partial charge in [-0.1, -0.05) is 12.1 Å². The second kappa shape index (κ2) is 8.38. The summed E-state index contributed by atoms with van der Waals surface area (Å²) in [7, 11) is 3.96. The number of aryl methyl sites for hydroxylation is 1. The van der Waals surface area contributed by atoms with Gasteiger partial charge in [0.1, 0.15) is 12.2 Å². The topological polar surface area (TPSA) is 122 Å². The predicted molar refractivity (Wildman–Crippen MR) is 119 cm³/mol. The molecule has 3 aromatic rings. The summed E-state index contributed by atoms with van der Waals surface area (Å²) in [5.41, 5.74) is -0.0584. The second-order valence-corrected chi connectivity index (χ2v) is 7.46. The summed E-state index contributed by atoms with van der Waals surface area (Å²) in [4.78, 5) is 42.9. The van der Waals surface area contributed by atoms with Crippen LogP contribution in [0, 0.1) is 6.92 Å². The number of carbonyl (C=O) groups is 2. The van der Waals surface area contributed by atoms with Crippen molar-refractivity contribution in [2.75, 3.05) is 26.6 Å². The van der Waals surface area contributed by atoms with Gasteiger partial charge in [-0.2, -0.15) is 10.1 Å². The van der Waals surface area contributed by atoms with Gasteiger partial charge in [0.25, 0.3) is 5.56 Å². The second-order valence-electron chi connectivity index (χ2n) is 7.46. The maximum atomic E-state index is 13.2. The number of fused-ring (bicyclic) bond motifs is 3. The van der Waals surface area contributed by atoms with Crippen molar-refractivity contribution >= 4 is 17.6 Å². The largest absolute Gasteiger partial charge is 0.497 e. The third-order valence-corrected chi connectivity index (χ3v) is 5.53. The number of benzene rings is 2. The van der Waals surface area contributed by atoms with Crippen LogP contribution in [0.1, 0.15) is 12.0 Å². The fraction of sp³-hybridized carbons (Fsp3) is 0.261. The monoisotopic (exact) mass is 450 g/mol. The van der Waals surface area contributed by atoms with E-state index < -0.39 is 29.6 Å². The molecule has 10 nitrogen and oxygen atoms in total. The summed E-state index contributed by atoms with van der Waals surface area (Å²) in [6, 6.07) is 12.1. The van der Waals surface area contributed by atoms with Gasteiger partial charge in [-0.25, -0.2) is 9.48 Å². The number of hydrogen-bond acceptors (Lipinski definition) is 9. The van der Waals surface area contributed by atoms with Crippen LogP contribution in [0.2, 0.25) is 0 Å². The van der Waals surface area contributed by atoms with Crippen molar-refractivity contribution in [2.45, 2.75) is 19.0 Å². The molecule has 0 spiro atoms. The molecule has 0 unspecified atom stereocenters. The molecule has 0 bridgehead atoms. The van der Waals surface area contributed by atoms with Crippen molar-refractivity contribution in [1.29, 1.82) is 0 Å². The Kier molecular flexibility index (Phi) is 5.59. The molecular formula is C23H22N4O6. The zero-order valence-electron chi connectivity index (χ0n) is 18.5. The zero-order chi connectivity index (χ0) is 23.8. The van der Waals surface area contributed by atoms with Crippen molar-refractivity contribution in [3.05, 3.63) is 58.4 Å². The van der Waals surface area contributed by atoms with Gasteiger partial charge in [-0.3, -0.25) is 9.59 Å². The third-order valence-electron chi connectivity index (χ3n) is 5.53. The number of esters is 2. The molecule has 0 amide bonds. The smallest absolute Gasteiger partial charge is 0.355 e. The summed E-state index contributed by atoms with van der Waals surface area (Å²) in [5.74, 6) is -0.737. The average molecular weight is 450 g/mol. The fourth-order valence-corrected chi connectivity index (χ4v) is 3.82. The highest BCUT2D eigenvalue weighted by atomic mass is 16.5. The van der Waals surface area contributed by atoms with Crippen LogP contribution < -0.4 is 15.6 Å². The number of anilines is 1. The van der Waals surface area contributed by atoms with Gasteiger partial charge in [0.05, 0.1) is 27.0 Å². The van der Waals surface area contributed by atoms with Crippen LogP contribution >= 0.6 is 0 Å². The minimum Gasteiger partial charge on any atom is -0.497 e. The van der Waals surface area contributed by atoms with Gasteiger partial charge in [-0.15, -0.1) is 0 Å². The molecule has 0 aliphatic carbocycles. The number of nitrogens with zero attached hydrogens (tertiary/aromatic N) is 3. The van der Waals surface area contributed by atoms with Gasteiger partial charge in [0, 0.05) is 11.1 Å². The van der Waals surface area contributed by atoms with E-state index in [0.29, 0.717) is 22.6 Å². The molecule has 1 aromatic heterocycles. The lowest BCUT2D eigenvalue weighted by Crippen LogP contribution is -2.55. The number of para-hydroxylation sites is 1. The lowest BCUT2D eigenvalue weighted by atomic mass is 9.97. The van der Waals surface area contributed by atoms with E-state index in [1.54, 1.807) is 36.4 Å². The molecule has 0 saturated heterocycles. The van der Waals surface area contributed by atoms with Gasteiger partial charge < -0.3 is 19.5 Å². The van der Waals surface area contributed by atoms with Gasteiger partial charge in [0.2, 0.25) is 5.66 Å². The molecule has 10 heteroatoms. The van der Waals surface area contributed by atoms with Crippen molar-refractivity contribution in [1.82, 2.24) is 14.8 Å². The molecule has 0 radical (unpaired) electrons. The molecule has 4 rings (SSSR count). The summed E-state index contributed by atoms with van der Waals surface area (Å²) in [6.45, 7) is 1.83. The first-order chi connectivity index (χ1) is 15.8. The van der Waals surface area contributed by atoms with Crippen LogP contribution in [0.5, 0.6) is 5.75 Å². The maximum Gasteiger partial charge on any atom is 0.355 e. The molecular weight excluding hydrogens is 428 g/mol. The summed E-state index contributed by atoms with van der Waals surface area (Å²) in [5, 5.41) is 7.64. The highest BCUT2D eigenvalue weighted by molar-refractivity contribution is 5.92. The first-order valence-corrected chi connectivity index (χ1v) is 10.0. The van der Waals surface area contributed by atoms with E-state index in [0.717, 1.165) is 5.56 Å². The maximum absolute atomic E-state index is 13.2. The van der Waals surface area contributed by atoms with E-state index >= 15 is 0 Å². The minimum absolute atomic E-state index is 0.00236. The third kappa shape index (κ3) is 3.59. The van der Waals surface area contributed by atoms with Crippen molar-refractivity contribution in [3.8, 4) is 28.4 Å². The summed E-state index contributed by atoms with van der Waals surface area (Å²) in [6.07, 6.45) is -0.448. The van der Waals surface area contributed by atoms with E-state index in [1.807, 2.05) is 13.0 Å². The Morgan fingerprint density at radius 3 is 2.42 bits per heavy atom. The Morgan fingerprint density at radius 2 is 1.79 bits per heavy atom. The molecule has 33 heavy (non-hydrogen) atoms. The van der Waals surface area contributed by atoms with E-state index in [1.165, 1.54) is 26.0 Å². The number of carbonyl (C=O) groups excluding carboxylic acids is 2. The van der Waals surface area contributed by atoms with E-state index in [2.05, 4.69) is 15.4 Å². The molecule has 0 fully saturated rings. The Morgan fingerprint density at radius 1 is 1.06 bits per heavy atom. The molecule has 1 N–H and O–H groups in total. The number of nitrogens with one attached hydrogen (secondary N) is 1. The molecule has 2 heterocycles. The lowest BCUT2D eigenvalue weighted by Gasteiger charge is -2.39. The molecule has 0 saturated carbocycles. The first kappa shape index (κ1) is 22.0. The highest BCUT2D eigenvalue weighted by Crippen LogP contribution is 2.41. The highest BCUT2D eigenvalue weighted by Gasteiger charge is 2.50. The Bertz CT molecular complexity index is 1300. The fourth-order valence-electron chi connectivity index (χ4n) is 3.82. The van der Waals surface area contributed by atoms with Gasteiger partial charge in [0.15, 0.2) is 11.5 Å². The van der Waals surface area contributed by atoms with Crippen molar-refractivity contribution in [2.24, 2.45) is 0 Å². The van der Waals surface area contributed by atoms with Gasteiger partial charge in [-0.05, 0) is 42.8 Å². The van der Waals surface area contributed by atoms with E-state index in [9.17, 15) is 14.4 Å². The predicted octanol–water partition coefficient (Wildman–Crippen LogP) is 2.10. The number of aromatic nitrogens is 3. The number of methoxy groups -OCH3 is 3. The van der Waals surface area contributed by atoms with E-state index in [4.69, 9.17) is 14.2 Å². The summed E-state index contributed by atoms with van der Waals surface area (Å²) < 4.78 is 16.3. The minimum atomic E-state index is -1.82. The van der Waals surface area contributed by atoms with Gasteiger partial charge >= 0.3 is 11.9 Å². The first-order valence-electron chi connectivity index (χ1n) is 10.0. The normalized spacial score (nSPS) is 16.1. The van der Waals surface area contributed by atoms with Crippen LogP contribution in [-0.4, -0.2) is 48.0 Å². The molecule has 1 aliphatic heterocycles. The molecule has 1 atom stereocenters. The van der Waals surface area contributed by atoms with Crippen molar-refractivity contribution in [3.63, 3.8) is 0 Å². The summed E-state index contributed by atoms with van der Waals surface area (Å²) >= 11 is 0. The standard InChI is InChI=1S/C23H22N4O6/c1-13-6-5-7-16-18(13)25-23(22(30)33-4,12-17(28)32-3)27-20(16)24-21(29)19(26-27)14-8-10-15(31-2)11-9-14/h5-11,25H,12H2,1-4H3/t23-/m0/s1. The Hall–Kier alpha value is -4.21. The van der Waals surface area contributed by atoms with Crippen molar-refractivity contribution < 1.29 is 23.8 Å². The molecule has 2 aromatic carbocycles. The van der Waals surface area contributed by atoms with Crippen LogP contribution in [-0.2, 0) is 24.7 Å². The SMILES string of the molecule is COC(=O)C[C@]1(C(=O)OC)Nc2c(C)cccc2-c2nc(=O)c(-c3ccc(OC)cc3)nn21. The van der Waals surface area contributed by atoms with Crippen LogP contribution in [0.4, 0.5) is 5.69 Å². The number of ether oxygens (including phenoxy) is 3. The number of rotatable bonds is 5. The van der Waals surface area contributed by atoms with Crippen LogP contribution in [0.3, 0.4) is 0 Å². The van der Waals surface area contributed by atoms with E-state index in [-0.39, 0.29) is 11.5 Å². The average Bonchev–Trinajstić information content (AvgIpc) is 2.83. The Balaban J connectivity index is 2.04. The van der Waals surface area contributed by atoms with Crippen LogP contribution in [0.25, 0.3) is 22.6 Å². The van der Waals surface area contributed by atoms with Crippen LogP contribution in [0.15, 0.2) is 47.3 Å².